The molecule has 4 heterocycles. The van der Waals surface area contributed by atoms with E-state index >= 15 is 0 Å². The van der Waals surface area contributed by atoms with Gasteiger partial charge in [0, 0.05) is 60.7 Å². The average Bonchev–Trinajstić information content (AvgIpc) is 3.48. The van der Waals surface area contributed by atoms with Crippen LogP contribution in [0.4, 0.5) is 4.39 Å². The molecule has 3 aromatic rings. The van der Waals surface area contributed by atoms with Crippen LogP contribution in [0.1, 0.15) is 35.6 Å². The molecule has 33 heavy (non-hydrogen) atoms. The van der Waals surface area contributed by atoms with Gasteiger partial charge in [-0.05, 0) is 36.1 Å². The molecule has 1 aromatic heterocycles. The van der Waals surface area contributed by atoms with Crippen LogP contribution in [-0.4, -0.2) is 57.8 Å². The third-order valence-electron chi connectivity index (χ3n) is 6.95. The normalized spacial score (nSPS) is 21.1. The highest BCUT2D eigenvalue weighted by atomic mass is 32.2. The fourth-order valence-corrected chi connectivity index (χ4v) is 8.89. The third-order valence-corrected chi connectivity index (χ3v) is 10.4. The van der Waals surface area contributed by atoms with Crippen LogP contribution in [0.3, 0.4) is 0 Å². The van der Waals surface area contributed by atoms with Crippen molar-refractivity contribution in [1.82, 2.24) is 20.0 Å². The Morgan fingerprint density at radius 3 is 2.61 bits per heavy atom. The molecule has 2 saturated heterocycles. The molecule has 0 radical (unpaired) electrons. The van der Waals surface area contributed by atoms with Crippen molar-refractivity contribution >= 4 is 34.4 Å². The zero-order valence-electron chi connectivity index (χ0n) is 18.9. The zero-order valence-corrected chi connectivity index (χ0v) is 20.6. The first-order chi connectivity index (χ1) is 16.2. The number of benzene rings is 2. The molecule has 1 spiro atoms. The first kappa shape index (κ1) is 23.0. The lowest BCUT2D eigenvalue weighted by Gasteiger charge is -2.43. The number of aromatic nitrogens is 2. The number of thioether (sulfide) groups is 2. The number of aromatic amines is 1. The number of nitrogens with one attached hydrogen (secondary N) is 1. The standard InChI is InChI=1S/C24H27FN4S2.C2H4/c25-19-5-6-20-22(13-19)26-27-23(20)17-7-9-28(10-8-17)16-29-14-18-3-1-2-4-21(18)24(15-29)30-11-12-31-24;1-2/h1-6,13,17H,7-12,14-16H2,(H,26,27);1-2H2. The smallest absolute Gasteiger partial charge is 0.125 e. The summed E-state index contributed by atoms with van der Waals surface area (Å²) in [5.41, 5.74) is 4.97. The van der Waals surface area contributed by atoms with Gasteiger partial charge >= 0.3 is 0 Å². The number of H-pyrrole nitrogens is 1. The summed E-state index contributed by atoms with van der Waals surface area (Å²) in [5, 5.41) is 8.61. The second kappa shape index (κ2) is 9.82. The number of likely N-dealkylation sites (tertiary alicyclic amines) is 1. The molecule has 0 aliphatic carbocycles. The van der Waals surface area contributed by atoms with Crippen molar-refractivity contribution in [3.05, 3.63) is 78.3 Å². The highest BCUT2D eigenvalue weighted by molar-refractivity contribution is 8.20. The van der Waals surface area contributed by atoms with Gasteiger partial charge in [0.15, 0.2) is 0 Å². The van der Waals surface area contributed by atoms with Crippen LogP contribution in [0.15, 0.2) is 55.6 Å². The third kappa shape index (κ3) is 4.48. The van der Waals surface area contributed by atoms with Crippen molar-refractivity contribution in [2.24, 2.45) is 0 Å². The van der Waals surface area contributed by atoms with Crippen molar-refractivity contribution in [3.63, 3.8) is 0 Å². The van der Waals surface area contributed by atoms with Crippen LogP contribution >= 0.6 is 23.5 Å². The Labute approximate surface area is 204 Å². The van der Waals surface area contributed by atoms with Crippen LogP contribution in [-0.2, 0) is 10.6 Å². The highest BCUT2D eigenvalue weighted by Crippen LogP contribution is 2.55. The fraction of sp³-hybridized carbons (Fsp3) is 0.423. The van der Waals surface area contributed by atoms with E-state index < -0.39 is 0 Å². The average molecular weight is 483 g/mol. The zero-order chi connectivity index (χ0) is 22.8. The number of fused-ring (bicyclic) bond motifs is 3. The lowest BCUT2D eigenvalue weighted by atomic mass is 9.91. The Morgan fingerprint density at radius 2 is 1.82 bits per heavy atom. The Bertz CT molecular complexity index is 1100. The van der Waals surface area contributed by atoms with E-state index in [1.165, 1.54) is 28.8 Å². The lowest BCUT2D eigenvalue weighted by Crippen LogP contribution is -2.47. The van der Waals surface area contributed by atoms with E-state index in [9.17, 15) is 4.39 Å². The van der Waals surface area contributed by atoms with Crippen LogP contribution in [0.2, 0.25) is 0 Å². The van der Waals surface area contributed by atoms with Gasteiger partial charge in [-0.15, -0.1) is 36.7 Å². The molecular weight excluding hydrogens is 451 g/mol. The molecule has 0 bridgehead atoms. The molecule has 1 N–H and O–H groups in total. The predicted molar refractivity (Wildman–Crippen MR) is 139 cm³/mol. The largest absolute Gasteiger partial charge is 0.290 e. The molecular formula is C26H31FN4S2. The van der Waals surface area contributed by atoms with Crippen molar-refractivity contribution in [1.29, 1.82) is 0 Å². The molecule has 0 saturated carbocycles. The molecule has 174 valence electrons. The van der Waals surface area contributed by atoms with Gasteiger partial charge in [0.1, 0.15) is 5.82 Å². The Balaban J connectivity index is 0.00000111. The van der Waals surface area contributed by atoms with Gasteiger partial charge in [0.2, 0.25) is 0 Å². The van der Waals surface area contributed by atoms with Gasteiger partial charge in [-0.2, -0.15) is 5.10 Å². The molecule has 3 aliphatic heterocycles. The maximum atomic E-state index is 13.5. The van der Waals surface area contributed by atoms with Gasteiger partial charge in [-0.1, -0.05) is 24.3 Å². The molecule has 3 aliphatic rings. The number of piperidine rings is 1. The van der Waals surface area contributed by atoms with Crippen LogP contribution in [0.5, 0.6) is 0 Å². The fourth-order valence-electron chi connectivity index (χ4n) is 5.47. The minimum atomic E-state index is -0.222. The van der Waals surface area contributed by atoms with E-state index in [4.69, 9.17) is 0 Å². The van der Waals surface area contributed by atoms with Gasteiger partial charge in [-0.25, -0.2) is 4.39 Å². The number of hydrogen-bond donors (Lipinski definition) is 1. The molecule has 0 atom stereocenters. The second-order valence-corrected chi connectivity index (χ2v) is 12.0. The van der Waals surface area contributed by atoms with E-state index in [1.54, 1.807) is 11.6 Å². The van der Waals surface area contributed by atoms with Crippen LogP contribution in [0, 0.1) is 5.82 Å². The van der Waals surface area contributed by atoms with Crippen molar-refractivity contribution in [2.75, 3.05) is 37.8 Å². The summed E-state index contributed by atoms with van der Waals surface area (Å²) in [5.74, 6) is 2.75. The number of halogens is 1. The Hall–Kier alpha value is -1.80. The van der Waals surface area contributed by atoms with E-state index in [1.807, 2.05) is 6.07 Å². The molecule has 2 aromatic carbocycles. The Morgan fingerprint density at radius 1 is 1.06 bits per heavy atom. The molecule has 2 fully saturated rings. The summed E-state index contributed by atoms with van der Waals surface area (Å²) in [7, 11) is 0. The molecule has 7 heteroatoms. The van der Waals surface area contributed by atoms with E-state index in [2.05, 4.69) is 80.9 Å². The molecule has 4 nitrogen and oxygen atoms in total. The summed E-state index contributed by atoms with van der Waals surface area (Å²) in [6, 6.07) is 14.0. The van der Waals surface area contributed by atoms with E-state index in [0.29, 0.717) is 5.92 Å². The van der Waals surface area contributed by atoms with Crippen LogP contribution < -0.4 is 0 Å². The van der Waals surface area contributed by atoms with E-state index in [-0.39, 0.29) is 9.90 Å². The quantitative estimate of drug-likeness (QED) is 0.478. The van der Waals surface area contributed by atoms with Crippen molar-refractivity contribution in [2.45, 2.75) is 29.4 Å². The monoisotopic (exact) mass is 482 g/mol. The molecule has 6 rings (SSSR count). The SMILES string of the molecule is C=C.Fc1ccc2c(C3CCN(CN4Cc5ccccc5C5(C4)SCCS5)CC3)[nH]nc2c1. The van der Waals surface area contributed by atoms with Crippen molar-refractivity contribution in [3.8, 4) is 0 Å². The summed E-state index contributed by atoms with van der Waals surface area (Å²) in [6.45, 7) is 11.4. The summed E-state index contributed by atoms with van der Waals surface area (Å²) in [4.78, 5) is 5.27. The number of rotatable bonds is 3. The molecule has 0 unspecified atom stereocenters. The number of nitrogens with zero attached hydrogens (tertiary/aromatic N) is 3. The maximum Gasteiger partial charge on any atom is 0.125 e. The Kier molecular flexibility index (Phi) is 6.84. The first-order valence-electron chi connectivity index (χ1n) is 11.6. The minimum absolute atomic E-state index is 0.220. The molecule has 0 amide bonds. The predicted octanol–water partition coefficient (Wildman–Crippen LogP) is 5.79. The topological polar surface area (TPSA) is 35.2 Å². The lowest BCUT2D eigenvalue weighted by molar-refractivity contribution is 0.0943. The number of hydrogen-bond acceptors (Lipinski definition) is 5. The highest BCUT2D eigenvalue weighted by Gasteiger charge is 2.43. The summed E-state index contributed by atoms with van der Waals surface area (Å²) < 4.78 is 13.7. The summed E-state index contributed by atoms with van der Waals surface area (Å²) >= 11 is 4.28. The van der Waals surface area contributed by atoms with Gasteiger partial charge < -0.3 is 0 Å². The minimum Gasteiger partial charge on any atom is -0.290 e. The second-order valence-electron chi connectivity index (χ2n) is 8.93. The first-order valence-corrected chi connectivity index (χ1v) is 13.6. The van der Waals surface area contributed by atoms with E-state index in [0.717, 1.165) is 56.6 Å². The van der Waals surface area contributed by atoms with Crippen molar-refractivity contribution < 1.29 is 4.39 Å². The summed E-state index contributed by atoms with van der Waals surface area (Å²) in [6.07, 6.45) is 2.24. The van der Waals surface area contributed by atoms with Gasteiger partial charge in [-0.3, -0.25) is 14.9 Å². The van der Waals surface area contributed by atoms with Gasteiger partial charge in [0.05, 0.1) is 16.3 Å². The maximum absolute atomic E-state index is 13.5. The van der Waals surface area contributed by atoms with Gasteiger partial charge in [0.25, 0.3) is 0 Å². The van der Waals surface area contributed by atoms with Crippen LogP contribution in [0.25, 0.3) is 10.9 Å².